The second-order valence-electron chi connectivity index (χ2n) is 6.04. The summed E-state index contributed by atoms with van der Waals surface area (Å²) < 4.78 is 25.7. The van der Waals surface area contributed by atoms with Gasteiger partial charge >= 0.3 is 0 Å². The maximum absolute atomic E-state index is 12.5. The molecule has 5 nitrogen and oxygen atoms in total. The standard InChI is InChI=1S/C16H20FN3O2/c1-16(2)11-21-10-14(22-16)13-9-20-6-4-12(8-15(20)18-13)19(3)7-5-17/h4,6,8-10H,5,7,11H2,1-3H3. The minimum atomic E-state index is -0.380. The summed E-state index contributed by atoms with van der Waals surface area (Å²) in [4.78, 5) is 6.43. The zero-order valence-corrected chi connectivity index (χ0v) is 13.0. The van der Waals surface area contributed by atoms with Gasteiger partial charge in [-0.3, -0.25) is 0 Å². The summed E-state index contributed by atoms with van der Waals surface area (Å²) in [5.74, 6) is 0.624. The third kappa shape index (κ3) is 2.86. The SMILES string of the molecule is CN(CCF)c1ccn2cc(C3=COCC(C)(C)O3)nc2c1. The van der Waals surface area contributed by atoms with Crippen LogP contribution in [-0.4, -0.2) is 41.9 Å². The molecule has 0 spiro atoms. The van der Waals surface area contributed by atoms with E-state index in [1.165, 1.54) is 0 Å². The highest BCUT2D eigenvalue weighted by atomic mass is 19.1. The second-order valence-corrected chi connectivity index (χ2v) is 6.04. The quantitative estimate of drug-likeness (QED) is 0.871. The lowest BCUT2D eigenvalue weighted by Crippen LogP contribution is -2.32. The summed E-state index contributed by atoms with van der Waals surface area (Å²) in [6, 6.07) is 3.86. The van der Waals surface area contributed by atoms with Gasteiger partial charge in [0.25, 0.3) is 0 Å². The lowest BCUT2D eigenvalue weighted by atomic mass is 10.1. The molecular weight excluding hydrogens is 285 g/mol. The van der Waals surface area contributed by atoms with Gasteiger partial charge in [-0.15, -0.1) is 0 Å². The number of nitrogens with zero attached hydrogens (tertiary/aromatic N) is 3. The first-order valence-electron chi connectivity index (χ1n) is 7.25. The molecule has 118 valence electrons. The van der Waals surface area contributed by atoms with Crippen molar-refractivity contribution in [3.05, 3.63) is 36.5 Å². The van der Waals surface area contributed by atoms with Crippen molar-refractivity contribution in [2.45, 2.75) is 19.4 Å². The molecule has 0 saturated heterocycles. The molecule has 0 aromatic carbocycles. The topological polar surface area (TPSA) is 39.0 Å². The van der Waals surface area contributed by atoms with Crippen molar-refractivity contribution in [1.29, 1.82) is 0 Å². The van der Waals surface area contributed by atoms with Crippen molar-refractivity contribution in [2.75, 3.05) is 31.8 Å². The fraction of sp³-hybridized carbons (Fsp3) is 0.438. The van der Waals surface area contributed by atoms with Crippen LogP contribution in [0.3, 0.4) is 0 Å². The minimum absolute atomic E-state index is 0.361. The molecule has 3 rings (SSSR count). The average molecular weight is 305 g/mol. The Kier molecular flexibility index (Phi) is 3.68. The van der Waals surface area contributed by atoms with Crippen LogP contribution in [0.4, 0.5) is 10.1 Å². The number of hydrogen-bond donors (Lipinski definition) is 0. The average Bonchev–Trinajstić information content (AvgIpc) is 2.89. The zero-order valence-electron chi connectivity index (χ0n) is 13.0. The van der Waals surface area contributed by atoms with Crippen LogP contribution in [0.5, 0.6) is 0 Å². The molecule has 1 aliphatic heterocycles. The molecule has 6 heteroatoms. The molecule has 0 amide bonds. The maximum Gasteiger partial charge on any atom is 0.181 e. The van der Waals surface area contributed by atoms with E-state index in [2.05, 4.69) is 4.98 Å². The molecule has 2 aromatic rings. The largest absolute Gasteiger partial charge is 0.493 e. The van der Waals surface area contributed by atoms with Gasteiger partial charge in [-0.05, 0) is 19.9 Å². The third-order valence-electron chi connectivity index (χ3n) is 3.56. The monoisotopic (exact) mass is 305 g/mol. The number of ether oxygens (including phenoxy) is 2. The van der Waals surface area contributed by atoms with Crippen molar-refractivity contribution < 1.29 is 13.9 Å². The van der Waals surface area contributed by atoms with Gasteiger partial charge in [0.15, 0.2) is 5.76 Å². The number of anilines is 1. The van der Waals surface area contributed by atoms with Gasteiger partial charge in [0, 0.05) is 37.7 Å². The molecular formula is C16H20FN3O2. The number of alkyl halides is 1. The second kappa shape index (κ2) is 5.51. The molecule has 0 atom stereocenters. The first-order chi connectivity index (χ1) is 10.5. The highest BCUT2D eigenvalue weighted by Gasteiger charge is 2.27. The number of halogens is 1. The van der Waals surface area contributed by atoms with E-state index in [1.54, 1.807) is 6.26 Å². The number of rotatable bonds is 4. The van der Waals surface area contributed by atoms with Gasteiger partial charge in [0.2, 0.25) is 0 Å². The van der Waals surface area contributed by atoms with Crippen LogP contribution < -0.4 is 4.90 Å². The van der Waals surface area contributed by atoms with E-state index >= 15 is 0 Å². The highest BCUT2D eigenvalue weighted by Crippen LogP contribution is 2.28. The van der Waals surface area contributed by atoms with Gasteiger partial charge in [-0.1, -0.05) is 0 Å². The van der Waals surface area contributed by atoms with Gasteiger partial charge in [-0.2, -0.15) is 0 Å². The fourth-order valence-electron chi connectivity index (χ4n) is 2.37. The first kappa shape index (κ1) is 14.7. The summed E-state index contributed by atoms with van der Waals surface area (Å²) in [6.07, 6.45) is 5.40. The third-order valence-corrected chi connectivity index (χ3v) is 3.56. The summed E-state index contributed by atoms with van der Waals surface area (Å²) in [5.41, 5.74) is 2.06. The van der Waals surface area contributed by atoms with Crippen molar-refractivity contribution in [3.63, 3.8) is 0 Å². The van der Waals surface area contributed by atoms with Crippen LogP contribution in [0.1, 0.15) is 19.5 Å². The van der Waals surface area contributed by atoms with Crippen molar-refractivity contribution in [2.24, 2.45) is 0 Å². The Labute approximate surface area is 129 Å². The van der Waals surface area contributed by atoms with E-state index < -0.39 is 0 Å². The van der Waals surface area contributed by atoms with E-state index in [0.29, 0.717) is 18.9 Å². The summed E-state index contributed by atoms with van der Waals surface area (Å²) in [5, 5.41) is 0. The predicted molar refractivity (Wildman–Crippen MR) is 83.5 cm³/mol. The normalized spacial score (nSPS) is 16.8. The number of fused-ring (bicyclic) bond motifs is 1. The summed E-state index contributed by atoms with van der Waals surface area (Å²) in [7, 11) is 1.86. The minimum Gasteiger partial charge on any atom is -0.493 e. The molecule has 0 unspecified atom stereocenters. The Morgan fingerprint density at radius 3 is 3.00 bits per heavy atom. The van der Waals surface area contributed by atoms with E-state index in [1.807, 2.05) is 54.7 Å². The molecule has 1 aliphatic rings. The van der Waals surface area contributed by atoms with Crippen molar-refractivity contribution in [3.8, 4) is 0 Å². The van der Waals surface area contributed by atoms with Gasteiger partial charge in [0.1, 0.15) is 36.5 Å². The van der Waals surface area contributed by atoms with Gasteiger partial charge in [-0.25, -0.2) is 9.37 Å². The summed E-state index contributed by atoms with van der Waals surface area (Å²) >= 11 is 0. The van der Waals surface area contributed by atoms with Gasteiger partial charge in [0.05, 0.1) is 0 Å². The van der Waals surface area contributed by atoms with Gasteiger partial charge < -0.3 is 18.8 Å². The first-order valence-corrected chi connectivity index (χ1v) is 7.25. The molecule has 0 saturated carbocycles. The Bertz CT molecular complexity index is 708. The maximum atomic E-state index is 12.5. The van der Waals surface area contributed by atoms with Crippen LogP contribution in [0.25, 0.3) is 11.4 Å². The van der Waals surface area contributed by atoms with Crippen LogP contribution in [0.2, 0.25) is 0 Å². The molecule has 0 bridgehead atoms. The molecule has 22 heavy (non-hydrogen) atoms. The van der Waals surface area contributed by atoms with Crippen LogP contribution in [0, 0.1) is 0 Å². The van der Waals surface area contributed by atoms with Crippen molar-refractivity contribution >= 4 is 17.1 Å². The van der Waals surface area contributed by atoms with E-state index in [9.17, 15) is 4.39 Å². The van der Waals surface area contributed by atoms with Crippen molar-refractivity contribution in [1.82, 2.24) is 9.38 Å². The lowest BCUT2D eigenvalue weighted by Gasteiger charge is -2.30. The molecule has 0 radical (unpaired) electrons. The number of imidazole rings is 1. The van der Waals surface area contributed by atoms with E-state index in [-0.39, 0.29) is 12.3 Å². The number of pyridine rings is 1. The van der Waals surface area contributed by atoms with Crippen LogP contribution in [-0.2, 0) is 9.47 Å². The highest BCUT2D eigenvalue weighted by molar-refractivity contribution is 5.62. The molecule has 3 heterocycles. The molecule has 0 fully saturated rings. The number of hydrogen-bond acceptors (Lipinski definition) is 4. The summed E-state index contributed by atoms with van der Waals surface area (Å²) in [6.45, 7) is 4.44. The van der Waals surface area contributed by atoms with E-state index in [0.717, 1.165) is 17.0 Å². The van der Waals surface area contributed by atoms with Crippen LogP contribution in [0.15, 0.2) is 30.8 Å². The Hall–Kier alpha value is -2.24. The molecule has 0 N–H and O–H groups in total. The fourth-order valence-corrected chi connectivity index (χ4v) is 2.37. The molecule has 0 aliphatic carbocycles. The molecule has 2 aromatic heterocycles. The smallest absolute Gasteiger partial charge is 0.181 e. The zero-order chi connectivity index (χ0) is 15.7. The Balaban J connectivity index is 1.91. The predicted octanol–water partition coefficient (Wildman–Crippen LogP) is 2.86. The van der Waals surface area contributed by atoms with Crippen LogP contribution >= 0.6 is 0 Å². The van der Waals surface area contributed by atoms with E-state index in [4.69, 9.17) is 9.47 Å². The Morgan fingerprint density at radius 2 is 2.27 bits per heavy atom. The number of aromatic nitrogens is 2. The Morgan fingerprint density at radius 1 is 1.45 bits per heavy atom. The lowest BCUT2D eigenvalue weighted by molar-refractivity contribution is -0.0153.